The first-order valence-corrected chi connectivity index (χ1v) is 5.85. The van der Waals surface area contributed by atoms with Gasteiger partial charge in [-0.15, -0.1) is 0 Å². The molecule has 0 unspecified atom stereocenters. The summed E-state index contributed by atoms with van der Waals surface area (Å²) in [5.41, 5.74) is -0.920. The Labute approximate surface area is 117 Å². The number of rotatable bonds is 2. The summed E-state index contributed by atoms with van der Waals surface area (Å²) in [7, 11) is 0. The van der Waals surface area contributed by atoms with Crippen LogP contribution in [0.1, 0.15) is 16.1 Å². The van der Waals surface area contributed by atoms with Crippen LogP contribution in [0.2, 0.25) is 5.02 Å². The van der Waals surface area contributed by atoms with Gasteiger partial charge in [-0.1, -0.05) is 17.7 Å². The summed E-state index contributed by atoms with van der Waals surface area (Å²) in [4.78, 5) is 15.6. The highest BCUT2D eigenvalue weighted by atomic mass is 35.5. The lowest BCUT2D eigenvalue weighted by Gasteiger charge is -2.11. The number of carbonyl (C=O) groups is 1. The van der Waals surface area contributed by atoms with Crippen LogP contribution in [0.15, 0.2) is 42.6 Å². The second-order valence-electron chi connectivity index (χ2n) is 3.86. The van der Waals surface area contributed by atoms with Gasteiger partial charge in [0.15, 0.2) is 0 Å². The molecule has 0 spiro atoms. The van der Waals surface area contributed by atoms with Gasteiger partial charge in [-0.2, -0.15) is 13.2 Å². The number of amides is 1. The maximum Gasteiger partial charge on any atom is 0.416 e. The van der Waals surface area contributed by atoms with Crippen molar-refractivity contribution in [3.63, 3.8) is 0 Å². The van der Waals surface area contributed by atoms with Gasteiger partial charge >= 0.3 is 6.18 Å². The maximum atomic E-state index is 12.6. The van der Waals surface area contributed by atoms with Gasteiger partial charge < -0.3 is 5.32 Å². The van der Waals surface area contributed by atoms with Gasteiger partial charge in [-0.25, -0.2) is 0 Å². The lowest BCUT2D eigenvalue weighted by Crippen LogP contribution is -2.14. The van der Waals surface area contributed by atoms with E-state index in [1.807, 2.05) is 0 Å². The molecule has 1 N–H and O–H groups in total. The van der Waals surface area contributed by atoms with Crippen LogP contribution in [0.5, 0.6) is 0 Å². The predicted octanol–water partition coefficient (Wildman–Crippen LogP) is 4.01. The van der Waals surface area contributed by atoms with Crippen molar-refractivity contribution < 1.29 is 18.0 Å². The zero-order chi connectivity index (χ0) is 14.8. The Morgan fingerprint density at radius 3 is 2.55 bits per heavy atom. The minimum atomic E-state index is -4.50. The number of halogens is 4. The van der Waals surface area contributed by atoms with Crippen molar-refractivity contribution >= 4 is 23.2 Å². The fourth-order valence-corrected chi connectivity index (χ4v) is 1.65. The Bertz CT molecular complexity index is 629. The highest BCUT2D eigenvalue weighted by Gasteiger charge is 2.31. The van der Waals surface area contributed by atoms with E-state index >= 15 is 0 Å². The van der Waals surface area contributed by atoms with Crippen LogP contribution >= 0.6 is 11.6 Å². The molecule has 0 bridgehead atoms. The molecule has 0 saturated carbocycles. The lowest BCUT2D eigenvalue weighted by atomic mass is 10.2. The molecule has 1 aromatic carbocycles. The topological polar surface area (TPSA) is 42.0 Å². The average Bonchev–Trinajstić information content (AvgIpc) is 2.41. The predicted molar refractivity (Wildman–Crippen MR) is 68.6 cm³/mol. The molecule has 0 aliphatic rings. The third-order valence-electron chi connectivity index (χ3n) is 2.44. The highest BCUT2D eigenvalue weighted by Crippen LogP contribution is 2.33. The number of aromatic nitrogens is 1. The second-order valence-corrected chi connectivity index (χ2v) is 4.27. The number of anilines is 1. The van der Waals surface area contributed by atoms with Crippen LogP contribution in [0.3, 0.4) is 0 Å². The number of nitrogens with zero attached hydrogens (tertiary/aromatic N) is 1. The van der Waals surface area contributed by atoms with Crippen molar-refractivity contribution in [2.75, 3.05) is 5.32 Å². The van der Waals surface area contributed by atoms with Crippen LogP contribution in [0, 0.1) is 0 Å². The highest BCUT2D eigenvalue weighted by molar-refractivity contribution is 6.33. The number of hydrogen-bond donors (Lipinski definition) is 1. The van der Waals surface area contributed by atoms with Crippen LogP contribution in [0.25, 0.3) is 0 Å². The fraction of sp³-hybridized carbons (Fsp3) is 0.0769. The fourth-order valence-electron chi connectivity index (χ4n) is 1.48. The van der Waals surface area contributed by atoms with Gasteiger partial charge in [0.2, 0.25) is 0 Å². The van der Waals surface area contributed by atoms with Gasteiger partial charge in [0.05, 0.1) is 16.3 Å². The molecule has 2 rings (SSSR count). The molecule has 20 heavy (non-hydrogen) atoms. The maximum absolute atomic E-state index is 12.6. The molecule has 0 radical (unpaired) electrons. The normalized spacial score (nSPS) is 11.2. The van der Waals surface area contributed by atoms with Crippen molar-refractivity contribution in [1.82, 2.24) is 4.98 Å². The van der Waals surface area contributed by atoms with Crippen molar-refractivity contribution in [2.45, 2.75) is 6.18 Å². The Morgan fingerprint density at radius 1 is 1.20 bits per heavy atom. The van der Waals surface area contributed by atoms with E-state index in [0.29, 0.717) is 0 Å². The van der Waals surface area contributed by atoms with Gasteiger partial charge in [0.25, 0.3) is 5.91 Å². The molecule has 1 heterocycles. The summed E-state index contributed by atoms with van der Waals surface area (Å²) in [6, 6.07) is 7.36. The Hall–Kier alpha value is -2.08. The summed E-state index contributed by atoms with van der Waals surface area (Å²) in [6.07, 6.45) is -3.10. The molecule has 2 aromatic rings. The van der Waals surface area contributed by atoms with Crippen molar-refractivity contribution in [3.8, 4) is 0 Å². The van der Waals surface area contributed by atoms with Crippen LogP contribution < -0.4 is 5.32 Å². The number of alkyl halides is 3. The van der Waals surface area contributed by atoms with Gasteiger partial charge in [-0.3, -0.25) is 9.78 Å². The van der Waals surface area contributed by atoms with E-state index in [9.17, 15) is 18.0 Å². The molecule has 0 saturated heterocycles. The number of nitrogens with one attached hydrogen (secondary N) is 1. The van der Waals surface area contributed by atoms with Crippen molar-refractivity contribution in [2.24, 2.45) is 0 Å². The van der Waals surface area contributed by atoms with E-state index in [4.69, 9.17) is 11.6 Å². The minimum Gasteiger partial charge on any atom is -0.319 e. The van der Waals surface area contributed by atoms with Crippen LogP contribution in [-0.4, -0.2) is 10.9 Å². The summed E-state index contributed by atoms with van der Waals surface area (Å²) in [5, 5.41) is 2.32. The standard InChI is InChI=1S/C13H8ClF3N2O/c14-9-5-4-8(13(15,16)17)7-11(9)19-12(20)10-3-1-2-6-18-10/h1-7H,(H,19,20). The quantitative estimate of drug-likeness (QED) is 0.910. The molecule has 0 aliphatic heterocycles. The third kappa shape index (κ3) is 3.27. The molecule has 0 atom stereocenters. The number of pyridine rings is 1. The van der Waals surface area contributed by atoms with Gasteiger partial charge in [0.1, 0.15) is 5.69 Å². The van der Waals surface area contributed by atoms with E-state index in [0.717, 1.165) is 18.2 Å². The zero-order valence-corrected chi connectivity index (χ0v) is 10.7. The SMILES string of the molecule is O=C(Nc1cc(C(F)(F)F)ccc1Cl)c1ccccn1. The van der Waals surface area contributed by atoms with E-state index < -0.39 is 17.6 Å². The number of carbonyl (C=O) groups excluding carboxylic acids is 1. The number of hydrogen-bond acceptors (Lipinski definition) is 2. The van der Waals surface area contributed by atoms with E-state index in [-0.39, 0.29) is 16.4 Å². The summed E-state index contributed by atoms with van der Waals surface area (Å²) in [6.45, 7) is 0. The van der Waals surface area contributed by atoms with E-state index in [2.05, 4.69) is 10.3 Å². The van der Waals surface area contributed by atoms with E-state index in [1.54, 1.807) is 12.1 Å². The zero-order valence-electron chi connectivity index (χ0n) is 9.91. The van der Waals surface area contributed by atoms with E-state index in [1.165, 1.54) is 12.3 Å². The number of benzene rings is 1. The largest absolute Gasteiger partial charge is 0.416 e. The first-order valence-electron chi connectivity index (χ1n) is 5.47. The van der Waals surface area contributed by atoms with Crippen molar-refractivity contribution in [3.05, 3.63) is 58.9 Å². The molecule has 1 amide bonds. The molecule has 7 heteroatoms. The summed E-state index contributed by atoms with van der Waals surface area (Å²) in [5.74, 6) is -0.633. The summed E-state index contributed by atoms with van der Waals surface area (Å²) < 4.78 is 37.8. The monoisotopic (exact) mass is 300 g/mol. The van der Waals surface area contributed by atoms with Gasteiger partial charge in [-0.05, 0) is 30.3 Å². The van der Waals surface area contributed by atoms with Gasteiger partial charge in [0, 0.05) is 6.20 Å². The molecular formula is C13H8ClF3N2O. The Balaban J connectivity index is 2.27. The molecule has 0 fully saturated rings. The molecule has 3 nitrogen and oxygen atoms in total. The molecule has 0 aliphatic carbocycles. The summed E-state index contributed by atoms with van der Waals surface area (Å²) >= 11 is 5.78. The second kappa shape index (κ2) is 5.50. The first kappa shape index (κ1) is 14.3. The van der Waals surface area contributed by atoms with Crippen LogP contribution in [0.4, 0.5) is 18.9 Å². The smallest absolute Gasteiger partial charge is 0.319 e. The molecule has 104 valence electrons. The van der Waals surface area contributed by atoms with Crippen LogP contribution in [-0.2, 0) is 6.18 Å². The lowest BCUT2D eigenvalue weighted by molar-refractivity contribution is -0.137. The molecular weight excluding hydrogens is 293 g/mol. The third-order valence-corrected chi connectivity index (χ3v) is 2.77. The average molecular weight is 301 g/mol. The minimum absolute atomic E-state index is 0.0160. The Kier molecular flexibility index (Phi) is 3.94. The van der Waals surface area contributed by atoms with Crippen molar-refractivity contribution in [1.29, 1.82) is 0 Å². The first-order chi connectivity index (χ1) is 9.38. The Morgan fingerprint density at radius 2 is 1.95 bits per heavy atom. The molecule has 1 aromatic heterocycles.